The Morgan fingerprint density at radius 2 is 2.11 bits per heavy atom. The summed E-state index contributed by atoms with van der Waals surface area (Å²) in [5.74, 6) is 2.17. The molecule has 1 amide bonds. The Hall–Kier alpha value is -0.0900. The lowest BCUT2D eigenvalue weighted by Gasteiger charge is -2.28. The number of ether oxygens (including phenoxy) is 1. The molecule has 0 radical (unpaired) electrons. The van der Waals surface area contributed by atoms with Gasteiger partial charge < -0.3 is 10.1 Å². The topological polar surface area (TPSA) is 38.3 Å². The van der Waals surface area contributed by atoms with Gasteiger partial charge in [-0.05, 0) is 37.0 Å². The molecular formula is C14H24BrNO2. The lowest BCUT2D eigenvalue weighted by molar-refractivity contribution is -0.130. The second kappa shape index (κ2) is 6.90. The highest BCUT2D eigenvalue weighted by molar-refractivity contribution is 9.09. The van der Waals surface area contributed by atoms with Crippen LogP contribution in [0.3, 0.4) is 0 Å². The second-order valence-electron chi connectivity index (χ2n) is 5.80. The minimum absolute atomic E-state index is 0.155. The van der Waals surface area contributed by atoms with Crippen LogP contribution in [0.5, 0.6) is 0 Å². The summed E-state index contributed by atoms with van der Waals surface area (Å²) in [5.41, 5.74) is 0. The van der Waals surface area contributed by atoms with E-state index in [1.807, 2.05) is 0 Å². The zero-order valence-electron chi connectivity index (χ0n) is 11.2. The number of rotatable bonds is 4. The second-order valence-corrected chi connectivity index (χ2v) is 6.45. The maximum absolute atomic E-state index is 12.2. The van der Waals surface area contributed by atoms with Crippen molar-refractivity contribution >= 4 is 21.8 Å². The lowest BCUT2D eigenvalue weighted by Crippen LogP contribution is -2.41. The number of halogens is 1. The monoisotopic (exact) mass is 317 g/mol. The summed E-state index contributed by atoms with van der Waals surface area (Å²) in [6, 6.07) is 0. The van der Waals surface area contributed by atoms with Gasteiger partial charge >= 0.3 is 0 Å². The van der Waals surface area contributed by atoms with Crippen LogP contribution in [0.25, 0.3) is 0 Å². The maximum Gasteiger partial charge on any atom is 0.223 e. The number of hydrogen-bond acceptors (Lipinski definition) is 2. The molecule has 2 aliphatic rings. The molecule has 4 heteroatoms. The van der Waals surface area contributed by atoms with Gasteiger partial charge in [0.2, 0.25) is 5.91 Å². The Balaban J connectivity index is 1.77. The van der Waals surface area contributed by atoms with E-state index in [-0.39, 0.29) is 11.8 Å². The van der Waals surface area contributed by atoms with Crippen LogP contribution in [0, 0.1) is 23.7 Å². The molecule has 4 atom stereocenters. The van der Waals surface area contributed by atoms with Crippen LogP contribution in [0.4, 0.5) is 0 Å². The van der Waals surface area contributed by atoms with Gasteiger partial charge in [0.1, 0.15) is 0 Å². The molecule has 0 aromatic rings. The summed E-state index contributed by atoms with van der Waals surface area (Å²) >= 11 is 3.58. The Morgan fingerprint density at radius 1 is 1.33 bits per heavy atom. The Morgan fingerprint density at radius 3 is 2.83 bits per heavy atom. The fourth-order valence-electron chi connectivity index (χ4n) is 3.22. The summed E-state index contributed by atoms with van der Waals surface area (Å²) in [7, 11) is 0. The predicted molar refractivity (Wildman–Crippen MR) is 75.7 cm³/mol. The minimum Gasteiger partial charge on any atom is -0.381 e. The summed E-state index contributed by atoms with van der Waals surface area (Å²) in [4.78, 5) is 12.2. The van der Waals surface area contributed by atoms with Crippen LogP contribution in [-0.4, -0.2) is 31.0 Å². The van der Waals surface area contributed by atoms with Gasteiger partial charge in [-0.2, -0.15) is 0 Å². The van der Waals surface area contributed by atoms with Crippen molar-refractivity contribution in [3.05, 3.63) is 0 Å². The van der Waals surface area contributed by atoms with Crippen molar-refractivity contribution < 1.29 is 9.53 Å². The van der Waals surface area contributed by atoms with Crippen molar-refractivity contribution in [2.45, 2.75) is 32.6 Å². The Labute approximate surface area is 118 Å². The third-order valence-corrected chi connectivity index (χ3v) is 5.36. The van der Waals surface area contributed by atoms with Crippen molar-refractivity contribution in [3.8, 4) is 0 Å². The average Bonchev–Trinajstić information content (AvgIpc) is 2.84. The first kappa shape index (κ1) is 14.3. The van der Waals surface area contributed by atoms with E-state index in [9.17, 15) is 4.79 Å². The highest BCUT2D eigenvalue weighted by Gasteiger charge is 2.30. The number of alkyl halides is 1. The quantitative estimate of drug-likeness (QED) is 0.809. The summed E-state index contributed by atoms with van der Waals surface area (Å²) < 4.78 is 5.39. The first-order valence-corrected chi connectivity index (χ1v) is 8.26. The molecule has 2 fully saturated rings. The van der Waals surface area contributed by atoms with Crippen molar-refractivity contribution in [2.75, 3.05) is 25.1 Å². The third kappa shape index (κ3) is 3.47. The van der Waals surface area contributed by atoms with Gasteiger partial charge in [-0.3, -0.25) is 4.79 Å². The molecule has 1 heterocycles. The molecule has 3 nitrogen and oxygen atoms in total. The molecule has 1 aliphatic carbocycles. The summed E-state index contributed by atoms with van der Waals surface area (Å²) in [5, 5.41) is 4.24. The number of hydrogen-bond donors (Lipinski definition) is 1. The first-order chi connectivity index (χ1) is 8.72. The number of nitrogens with one attached hydrogen (secondary N) is 1. The zero-order chi connectivity index (χ0) is 13.0. The van der Waals surface area contributed by atoms with Gasteiger partial charge in [0, 0.05) is 31.0 Å². The minimum atomic E-state index is 0.155. The van der Waals surface area contributed by atoms with Crippen molar-refractivity contribution in [2.24, 2.45) is 23.7 Å². The van der Waals surface area contributed by atoms with Crippen LogP contribution in [-0.2, 0) is 9.53 Å². The molecule has 1 aliphatic heterocycles. The van der Waals surface area contributed by atoms with E-state index in [1.54, 1.807) is 0 Å². The number of carbonyl (C=O) groups excluding carboxylic acids is 1. The third-order valence-electron chi connectivity index (χ3n) is 4.53. The van der Waals surface area contributed by atoms with Crippen molar-refractivity contribution in [3.63, 3.8) is 0 Å². The van der Waals surface area contributed by atoms with Crippen molar-refractivity contribution in [1.82, 2.24) is 5.32 Å². The van der Waals surface area contributed by atoms with E-state index in [0.717, 1.165) is 37.4 Å². The van der Waals surface area contributed by atoms with E-state index in [2.05, 4.69) is 28.2 Å². The fourth-order valence-corrected chi connectivity index (χ4v) is 4.07. The van der Waals surface area contributed by atoms with Gasteiger partial charge in [0.25, 0.3) is 0 Å². The van der Waals surface area contributed by atoms with Gasteiger partial charge in [-0.15, -0.1) is 0 Å². The van der Waals surface area contributed by atoms with E-state index in [1.165, 1.54) is 19.3 Å². The molecule has 0 bridgehead atoms. The van der Waals surface area contributed by atoms with Crippen LogP contribution >= 0.6 is 15.9 Å². The summed E-state index contributed by atoms with van der Waals surface area (Å²) in [6.07, 6.45) is 4.75. The van der Waals surface area contributed by atoms with Gasteiger partial charge in [-0.25, -0.2) is 0 Å². The van der Waals surface area contributed by atoms with E-state index >= 15 is 0 Å². The SMILES string of the molecule is CC1COCCC1C(=O)NCC1CCCC1CBr. The Kier molecular flexibility index (Phi) is 5.49. The summed E-state index contributed by atoms with van der Waals surface area (Å²) in [6.45, 7) is 4.43. The predicted octanol–water partition coefficient (Wildman–Crippen LogP) is 2.59. The van der Waals surface area contributed by atoms with Crippen LogP contribution < -0.4 is 5.32 Å². The fraction of sp³-hybridized carbons (Fsp3) is 0.929. The molecular weight excluding hydrogens is 294 g/mol. The van der Waals surface area contributed by atoms with Gasteiger partial charge in [-0.1, -0.05) is 29.3 Å². The van der Waals surface area contributed by atoms with Crippen molar-refractivity contribution in [1.29, 1.82) is 0 Å². The normalized spacial score (nSPS) is 36.6. The molecule has 1 saturated heterocycles. The molecule has 0 aromatic carbocycles. The zero-order valence-corrected chi connectivity index (χ0v) is 12.7. The highest BCUT2D eigenvalue weighted by atomic mass is 79.9. The smallest absolute Gasteiger partial charge is 0.223 e. The first-order valence-electron chi connectivity index (χ1n) is 7.13. The van der Waals surface area contributed by atoms with Crippen LogP contribution in [0.1, 0.15) is 32.6 Å². The highest BCUT2D eigenvalue weighted by Crippen LogP contribution is 2.32. The van der Waals surface area contributed by atoms with E-state index in [4.69, 9.17) is 4.74 Å². The molecule has 104 valence electrons. The van der Waals surface area contributed by atoms with E-state index in [0.29, 0.717) is 11.8 Å². The Bertz CT molecular complexity index is 285. The molecule has 2 rings (SSSR count). The van der Waals surface area contributed by atoms with Crippen LogP contribution in [0.2, 0.25) is 0 Å². The number of amides is 1. The number of carbonyl (C=O) groups is 1. The molecule has 18 heavy (non-hydrogen) atoms. The van der Waals surface area contributed by atoms with Gasteiger partial charge in [0.05, 0.1) is 0 Å². The largest absolute Gasteiger partial charge is 0.381 e. The molecule has 1 N–H and O–H groups in total. The average molecular weight is 318 g/mol. The van der Waals surface area contributed by atoms with Crippen LogP contribution in [0.15, 0.2) is 0 Å². The van der Waals surface area contributed by atoms with Gasteiger partial charge in [0.15, 0.2) is 0 Å². The standard InChI is InChI=1S/C14H24BrNO2/c1-10-9-18-6-5-13(10)14(17)16-8-12-4-2-3-11(12)7-15/h10-13H,2-9H2,1H3,(H,16,17). The molecule has 1 saturated carbocycles. The van der Waals surface area contributed by atoms with E-state index < -0.39 is 0 Å². The lowest BCUT2D eigenvalue weighted by atomic mass is 9.89. The molecule has 4 unspecified atom stereocenters. The molecule has 0 spiro atoms. The molecule has 0 aromatic heterocycles. The maximum atomic E-state index is 12.2.